The number of methoxy groups -OCH3 is 1. The van der Waals surface area contributed by atoms with Crippen LogP contribution in [0.2, 0.25) is 0 Å². The van der Waals surface area contributed by atoms with Gasteiger partial charge in [0.1, 0.15) is 5.78 Å². The van der Waals surface area contributed by atoms with Gasteiger partial charge in [-0.3, -0.25) is 9.59 Å². The Morgan fingerprint density at radius 1 is 1.13 bits per heavy atom. The number of carbonyl (C=O) groups is 2. The molecule has 30 heavy (non-hydrogen) atoms. The van der Waals surface area contributed by atoms with Crippen molar-refractivity contribution >= 4 is 27.7 Å². The highest BCUT2D eigenvalue weighted by molar-refractivity contribution is 9.10. The van der Waals surface area contributed by atoms with Crippen LogP contribution in [0, 0.1) is 46.3 Å². The zero-order chi connectivity index (χ0) is 21.8. The van der Waals surface area contributed by atoms with Gasteiger partial charge in [0.05, 0.1) is 18.0 Å². The van der Waals surface area contributed by atoms with Gasteiger partial charge >= 0.3 is 5.97 Å². The van der Waals surface area contributed by atoms with Crippen molar-refractivity contribution in [3.8, 4) is 0 Å². The summed E-state index contributed by atoms with van der Waals surface area (Å²) in [5.41, 5.74) is 0.346. The van der Waals surface area contributed by atoms with E-state index in [0.29, 0.717) is 35.9 Å². The number of aliphatic hydroxyl groups is 1. The molecule has 5 heteroatoms. The molecule has 4 aliphatic carbocycles. The molecule has 0 aromatic rings. The third-order valence-electron chi connectivity index (χ3n) is 10.3. The van der Waals surface area contributed by atoms with Crippen LogP contribution < -0.4 is 0 Å². The molecule has 4 saturated carbocycles. The molecule has 0 aliphatic heterocycles. The SMILES string of the molecule is COC(=O)CC[C@H](C)C1CCC2C3C(=O)[C@H](Br)[C@@H]4C[C@H](O)CC[C@]4(C)C3CC[C@@]21C. The van der Waals surface area contributed by atoms with Crippen molar-refractivity contribution in [1.82, 2.24) is 0 Å². The summed E-state index contributed by atoms with van der Waals surface area (Å²) in [5, 5.41) is 10.3. The Morgan fingerprint density at radius 3 is 2.50 bits per heavy atom. The van der Waals surface area contributed by atoms with E-state index in [9.17, 15) is 14.7 Å². The van der Waals surface area contributed by atoms with Gasteiger partial charge in [-0.2, -0.15) is 0 Å². The van der Waals surface area contributed by atoms with E-state index < -0.39 is 0 Å². The number of Topliss-reactive ketones (excluding diaryl/α,β-unsaturated/α-hetero) is 1. The molecule has 0 aromatic heterocycles. The van der Waals surface area contributed by atoms with Crippen LogP contribution in [-0.2, 0) is 14.3 Å². The zero-order valence-electron chi connectivity index (χ0n) is 19.0. The van der Waals surface area contributed by atoms with Gasteiger partial charge in [-0.15, -0.1) is 0 Å². The smallest absolute Gasteiger partial charge is 0.305 e. The maximum absolute atomic E-state index is 13.7. The van der Waals surface area contributed by atoms with E-state index >= 15 is 0 Å². The van der Waals surface area contributed by atoms with E-state index in [0.717, 1.165) is 38.5 Å². The molecule has 0 heterocycles. The average molecular weight is 483 g/mol. The summed E-state index contributed by atoms with van der Waals surface area (Å²) in [6, 6.07) is 0. The van der Waals surface area contributed by atoms with Crippen molar-refractivity contribution in [3.05, 3.63) is 0 Å². The van der Waals surface area contributed by atoms with Crippen LogP contribution in [0.5, 0.6) is 0 Å². The Kier molecular flexibility index (Phi) is 6.20. The summed E-state index contributed by atoms with van der Waals surface area (Å²) < 4.78 is 4.85. The number of aliphatic hydroxyl groups excluding tert-OH is 1. The monoisotopic (exact) mass is 482 g/mol. The molecule has 0 aromatic carbocycles. The van der Waals surface area contributed by atoms with Gasteiger partial charge in [-0.05, 0) is 91.8 Å². The third-order valence-corrected chi connectivity index (χ3v) is 11.3. The lowest BCUT2D eigenvalue weighted by Gasteiger charge is -2.61. The Bertz CT molecular complexity index is 695. The number of carbonyl (C=O) groups excluding carboxylic acids is 2. The van der Waals surface area contributed by atoms with E-state index in [-0.39, 0.29) is 39.6 Å². The Hall–Kier alpha value is -0.420. The van der Waals surface area contributed by atoms with E-state index in [4.69, 9.17) is 4.74 Å². The average Bonchev–Trinajstić information content (AvgIpc) is 3.08. The zero-order valence-corrected chi connectivity index (χ0v) is 20.6. The number of halogens is 1. The van der Waals surface area contributed by atoms with Crippen molar-refractivity contribution in [2.75, 3.05) is 7.11 Å². The van der Waals surface area contributed by atoms with Crippen molar-refractivity contribution < 1.29 is 19.4 Å². The summed E-state index contributed by atoms with van der Waals surface area (Å²) in [6.45, 7) is 7.15. The summed E-state index contributed by atoms with van der Waals surface area (Å²) in [5.74, 6) is 2.68. The summed E-state index contributed by atoms with van der Waals surface area (Å²) in [4.78, 5) is 25.2. The number of alkyl halides is 1. The van der Waals surface area contributed by atoms with Crippen LogP contribution in [0.25, 0.3) is 0 Å². The van der Waals surface area contributed by atoms with E-state index in [1.54, 1.807) is 0 Å². The predicted octanol–water partition coefficient (Wildman–Crippen LogP) is 5.15. The summed E-state index contributed by atoms with van der Waals surface area (Å²) in [7, 11) is 1.46. The fourth-order valence-electron chi connectivity index (χ4n) is 8.54. The molecule has 4 unspecified atom stereocenters. The number of fused-ring (bicyclic) bond motifs is 5. The minimum Gasteiger partial charge on any atom is -0.469 e. The minimum atomic E-state index is -0.257. The highest BCUT2D eigenvalue weighted by Gasteiger charge is 2.65. The number of ether oxygens (including phenoxy) is 1. The van der Waals surface area contributed by atoms with E-state index in [2.05, 4.69) is 36.7 Å². The Labute approximate surface area is 190 Å². The second-order valence-corrected chi connectivity index (χ2v) is 12.4. The standard InChI is InChI=1S/C25H39BrO4/c1-14(5-8-20(28)30-4)16-6-7-17-21-18(10-12-24(16,17)2)25(3)11-9-15(27)13-19(25)22(26)23(21)29/h14-19,21-22,27H,5-13H2,1-4H3/t14-,15+,16?,17?,18?,19-,21?,22+,24+,25+/m0/s1. The van der Waals surface area contributed by atoms with Crippen LogP contribution in [0.15, 0.2) is 0 Å². The van der Waals surface area contributed by atoms with Crippen LogP contribution in [0.1, 0.15) is 78.6 Å². The van der Waals surface area contributed by atoms with Crippen molar-refractivity contribution in [2.24, 2.45) is 46.3 Å². The second kappa shape index (κ2) is 8.17. The summed E-state index contributed by atoms with van der Waals surface area (Å²) >= 11 is 3.82. The van der Waals surface area contributed by atoms with Crippen LogP contribution in [-0.4, -0.2) is 34.9 Å². The number of hydrogen-bond donors (Lipinski definition) is 1. The molecule has 4 nitrogen and oxygen atoms in total. The maximum Gasteiger partial charge on any atom is 0.305 e. The van der Waals surface area contributed by atoms with Gasteiger partial charge in [0.25, 0.3) is 0 Å². The van der Waals surface area contributed by atoms with Gasteiger partial charge in [0, 0.05) is 12.3 Å². The van der Waals surface area contributed by atoms with Gasteiger partial charge in [0.2, 0.25) is 0 Å². The normalized spacial score (nSPS) is 49.0. The predicted molar refractivity (Wildman–Crippen MR) is 120 cm³/mol. The van der Waals surface area contributed by atoms with Gasteiger partial charge in [-0.25, -0.2) is 0 Å². The molecule has 0 radical (unpaired) electrons. The number of ketones is 1. The first-order valence-corrected chi connectivity index (χ1v) is 13.0. The molecule has 170 valence electrons. The topological polar surface area (TPSA) is 63.6 Å². The van der Waals surface area contributed by atoms with Gasteiger partial charge in [-0.1, -0.05) is 36.7 Å². The van der Waals surface area contributed by atoms with Crippen LogP contribution >= 0.6 is 15.9 Å². The van der Waals surface area contributed by atoms with Crippen molar-refractivity contribution in [2.45, 2.75) is 89.5 Å². The lowest BCUT2D eigenvalue weighted by molar-refractivity contribution is -0.158. The van der Waals surface area contributed by atoms with Gasteiger partial charge in [0.15, 0.2) is 0 Å². The fourth-order valence-corrected chi connectivity index (χ4v) is 9.66. The van der Waals surface area contributed by atoms with E-state index in [1.165, 1.54) is 20.0 Å². The highest BCUT2D eigenvalue weighted by atomic mass is 79.9. The molecule has 0 spiro atoms. The number of hydrogen-bond acceptors (Lipinski definition) is 4. The number of rotatable bonds is 4. The maximum atomic E-state index is 13.7. The Morgan fingerprint density at radius 2 is 1.80 bits per heavy atom. The van der Waals surface area contributed by atoms with Crippen molar-refractivity contribution in [1.29, 1.82) is 0 Å². The summed E-state index contributed by atoms with van der Waals surface area (Å²) in [6.07, 6.45) is 8.42. The molecule has 4 fully saturated rings. The van der Waals surface area contributed by atoms with Crippen LogP contribution in [0.4, 0.5) is 0 Å². The quantitative estimate of drug-likeness (QED) is 0.444. The van der Waals surface area contributed by atoms with E-state index in [1.807, 2.05) is 0 Å². The first kappa shape index (κ1) is 22.8. The largest absolute Gasteiger partial charge is 0.469 e. The molecular weight excluding hydrogens is 444 g/mol. The molecule has 1 N–H and O–H groups in total. The fraction of sp³-hybridized carbons (Fsp3) is 0.920. The molecule has 0 bridgehead atoms. The molecule has 0 saturated heterocycles. The molecule has 0 amide bonds. The first-order chi connectivity index (χ1) is 14.1. The first-order valence-electron chi connectivity index (χ1n) is 12.1. The highest BCUT2D eigenvalue weighted by Crippen LogP contribution is 2.68. The number of esters is 1. The molecular formula is C25H39BrO4. The van der Waals surface area contributed by atoms with Crippen molar-refractivity contribution in [3.63, 3.8) is 0 Å². The second-order valence-electron chi connectivity index (χ2n) is 11.4. The molecule has 4 rings (SSSR count). The molecule has 4 aliphatic rings. The van der Waals surface area contributed by atoms with Gasteiger partial charge < -0.3 is 9.84 Å². The third kappa shape index (κ3) is 3.41. The lowest BCUT2D eigenvalue weighted by Crippen LogP contribution is -2.61. The minimum absolute atomic E-state index is 0.114. The lowest BCUT2D eigenvalue weighted by atomic mass is 9.44. The van der Waals surface area contributed by atoms with Crippen LogP contribution in [0.3, 0.4) is 0 Å². The Balaban J connectivity index is 1.57. The molecule has 10 atom stereocenters.